The van der Waals surface area contributed by atoms with E-state index in [9.17, 15) is 9.70 Å². The minimum absolute atomic E-state index is 1.19. The highest BCUT2D eigenvalue weighted by Gasteiger charge is 2.23. The van der Waals surface area contributed by atoms with Crippen LogP contribution in [-0.4, -0.2) is 28.3 Å². The lowest BCUT2D eigenvalue weighted by Crippen LogP contribution is -2.29. The molecular formula is C4H7NO4. The first-order valence-electron chi connectivity index (χ1n) is 2.33. The highest BCUT2D eigenvalue weighted by atomic mass is 16.4. The zero-order valence-corrected chi connectivity index (χ0v) is 4.81. The largest absolute Gasteiger partial charge is 0.479 e. The molecule has 0 aliphatic carbocycles. The van der Waals surface area contributed by atoms with E-state index >= 15 is 0 Å². The molecule has 0 bridgehead atoms. The van der Waals surface area contributed by atoms with Crippen molar-refractivity contribution in [1.82, 2.24) is 0 Å². The van der Waals surface area contributed by atoms with Gasteiger partial charge in [0.25, 0.3) is 0 Å². The highest BCUT2D eigenvalue weighted by Crippen LogP contribution is 1.96. The summed E-state index contributed by atoms with van der Waals surface area (Å²) in [5, 5.41) is 18.8. The molecule has 0 aromatic heterocycles. The second-order valence-electron chi connectivity index (χ2n) is 1.63. The first-order valence-corrected chi connectivity index (χ1v) is 2.33. The lowest BCUT2D eigenvalue weighted by Gasteiger charge is -2.04. The van der Waals surface area contributed by atoms with Crippen molar-refractivity contribution in [3.05, 3.63) is 4.91 Å². The van der Waals surface area contributed by atoms with Crippen LogP contribution < -0.4 is 0 Å². The Balaban J connectivity index is 3.98. The average Bonchev–Trinajstić information content (AvgIpc) is 1.64. The fraction of sp³-hybridized carbons (Fsp3) is 0.750. The number of hydrogen-bond donors (Lipinski definition) is 2. The Morgan fingerprint density at radius 3 is 2.11 bits per heavy atom. The van der Waals surface area contributed by atoms with Crippen LogP contribution in [0.1, 0.15) is 6.92 Å². The van der Waals surface area contributed by atoms with Gasteiger partial charge in [0.2, 0.25) is 6.04 Å². The summed E-state index contributed by atoms with van der Waals surface area (Å²) in [6, 6.07) is -1.54. The van der Waals surface area contributed by atoms with Gasteiger partial charge in [0.1, 0.15) is 0 Å². The van der Waals surface area contributed by atoms with Crippen molar-refractivity contribution >= 4 is 5.97 Å². The van der Waals surface area contributed by atoms with E-state index in [0.717, 1.165) is 0 Å². The van der Waals surface area contributed by atoms with Crippen molar-refractivity contribution in [3.63, 3.8) is 0 Å². The summed E-state index contributed by atoms with van der Waals surface area (Å²) < 4.78 is 0. The van der Waals surface area contributed by atoms with E-state index in [1.807, 2.05) is 0 Å². The summed E-state index contributed by atoms with van der Waals surface area (Å²) in [4.78, 5) is 19.5. The molecule has 0 aromatic carbocycles. The molecule has 52 valence electrons. The van der Waals surface area contributed by atoms with Crippen LogP contribution in [0.2, 0.25) is 0 Å². The summed E-state index contributed by atoms with van der Waals surface area (Å²) in [6.07, 6.45) is -1.22. The number of carboxylic acid groups (broad SMARTS) is 1. The molecule has 0 aromatic rings. The zero-order valence-electron chi connectivity index (χ0n) is 4.81. The molecule has 0 amide bonds. The Kier molecular flexibility index (Phi) is 2.80. The molecule has 0 rings (SSSR count). The zero-order chi connectivity index (χ0) is 7.44. The number of hydrogen-bond acceptors (Lipinski definition) is 4. The Bertz CT molecular complexity index is 122. The van der Waals surface area contributed by atoms with Gasteiger partial charge in [-0.1, -0.05) is 5.18 Å². The number of nitroso groups, excluding NO2 is 1. The Labute approximate surface area is 51.3 Å². The van der Waals surface area contributed by atoms with Crippen molar-refractivity contribution in [2.75, 3.05) is 0 Å². The second-order valence-corrected chi connectivity index (χ2v) is 1.63. The van der Waals surface area contributed by atoms with Crippen molar-refractivity contribution in [2.45, 2.75) is 19.1 Å². The van der Waals surface area contributed by atoms with E-state index in [-0.39, 0.29) is 0 Å². The van der Waals surface area contributed by atoms with Crippen molar-refractivity contribution in [3.8, 4) is 0 Å². The maximum Gasteiger partial charge on any atom is 0.334 e. The minimum atomic E-state index is -1.54. The summed E-state index contributed by atoms with van der Waals surface area (Å²) in [6.45, 7) is 1.19. The maximum atomic E-state index is 9.92. The number of aliphatic hydroxyl groups is 1. The fourth-order valence-electron chi connectivity index (χ4n) is 0.340. The quantitative estimate of drug-likeness (QED) is 0.512. The monoisotopic (exact) mass is 133 g/mol. The van der Waals surface area contributed by atoms with Gasteiger partial charge >= 0.3 is 5.97 Å². The first-order chi connectivity index (χ1) is 4.09. The third-order valence-corrected chi connectivity index (χ3v) is 0.824. The van der Waals surface area contributed by atoms with Gasteiger partial charge in [-0.2, -0.15) is 0 Å². The number of nitrogens with zero attached hydrogens (tertiary/aromatic N) is 1. The number of rotatable bonds is 3. The molecule has 9 heavy (non-hydrogen) atoms. The average molecular weight is 133 g/mol. The Morgan fingerprint density at radius 2 is 2.11 bits per heavy atom. The van der Waals surface area contributed by atoms with E-state index in [1.165, 1.54) is 6.92 Å². The van der Waals surface area contributed by atoms with Crippen LogP contribution in [0.3, 0.4) is 0 Å². The third kappa shape index (κ3) is 2.18. The molecule has 0 saturated carbocycles. The van der Waals surface area contributed by atoms with E-state index in [4.69, 9.17) is 10.2 Å². The summed E-state index contributed by atoms with van der Waals surface area (Å²) >= 11 is 0. The van der Waals surface area contributed by atoms with Gasteiger partial charge in [0, 0.05) is 0 Å². The lowest BCUT2D eigenvalue weighted by molar-refractivity contribution is -0.140. The second kappa shape index (κ2) is 3.13. The lowest BCUT2D eigenvalue weighted by atomic mass is 10.2. The fourth-order valence-corrected chi connectivity index (χ4v) is 0.340. The number of aliphatic carboxylic acids is 1. The molecular weight excluding hydrogens is 126 g/mol. The Hall–Kier alpha value is -0.970. The van der Waals surface area contributed by atoms with Crippen LogP contribution in [0.5, 0.6) is 0 Å². The van der Waals surface area contributed by atoms with Crippen LogP contribution in [0, 0.1) is 4.91 Å². The molecule has 0 saturated heterocycles. The molecule has 0 aliphatic heterocycles. The standard InChI is InChI=1S/C4H7NO4/c1-2(6)3(5-9)4(7)8/h2-3,6H,1H3,(H,7,8). The smallest absolute Gasteiger partial charge is 0.334 e. The van der Waals surface area contributed by atoms with E-state index in [1.54, 1.807) is 0 Å². The normalized spacial score (nSPS) is 16.2. The van der Waals surface area contributed by atoms with Crippen molar-refractivity contribution in [1.29, 1.82) is 0 Å². The highest BCUT2D eigenvalue weighted by molar-refractivity contribution is 5.74. The molecule has 0 aliphatic rings. The minimum Gasteiger partial charge on any atom is -0.479 e. The maximum absolute atomic E-state index is 9.92. The van der Waals surface area contributed by atoms with Gasteiger partial charge in [0.05, 0.1) is 6.10 Å². The molecule has 2 unspecified atom stereocenters. The van der Waals surface area contributed by atoms with Crippen LogP contribution in [0.4, 0.5) is 0 Å². The van der Waals surface area contributed by atoms with Crippen LogP contribution >= 0.6 is 0 Å². The topological polar surface area (TPSA) is 87.0 Å². The van der Waals surface area contributed by atoms with E-state index < -0.39 is 18.1 Å². The SMILES string of the molecule is CC(O)C(N=O)C(=O)O. The molecule has 0 spiro atoms. The van der Waals surface area contributed by atoms with Crippen LogP contribution in [-0.2, 0) is 4.79 Å². The van der Waals surface area contributed by atoms with Crippen LogP contribution in [0.15, 0.2) is 5.18 Å². The molecule has 5 nitrogen and oxygen atoms in total. The molecule has 2 atom stereocenters. The summed E-state index contributed by atoms with van der Waals surface area (Å²) in [5.41, 5.74) is 0. The number of carboxylic acids is 1. The molecule has 2 N–H and O–H groups in total. The van der Waals surface area contributed by atoms with Gasteiger partial charge in [-0.05, 0) is 6.92 Å². The van der Waals surface area contributed by atoms with Crippen molar-refractivity contribution < 1.29 is 15.0 Å². The van der Waals surface area contributed by atoms with Gasteiger partial charge in [-0.3, -0.25) is 0 Å². The van der Waals surface area contributed by atoms with E-state index in [0.29, 0.717) is 0 Å². The van der Waals surface area contributed by atoms with Crippen LogP contribution in [0.25, 0.3) is 0 Å². The summed E-state index contributed by atoms with van der Waals surface area (Å²) in [5.74, 6) is -1.40. The summed E-state index contributed by atoms with van der Waals surface area (Å²) in [7, 11) is 0. The van der Waals surface area contributed by atoms with Gasteiger partial charge in [-0.25, -0.2) is 4.79 Å². The van der Waals surface area contributed by atoms with Crippen molar-refractivity contribution in [2.24, 2.45) is 5.18 Å². The first kappa shape index (κ1) is 8.03. The predicted octanol–water partition coefficient (Wildman–Crippen LogP) is -0.413. The molecule has 0 radical (unpaired) electrons. The molecule has 0 fully saturated rings. The number of carbonyl (C=O) groups is 1. The molecule has 5 heteroatoms. The third-order valence-electron chi connectivity index (χ3n) is 0.824. The molecule has 0 heterocycles. The Morgan fingerprint density at radius 1 is 1.67 bits per heavy atom. The van der Waals surface area contributed by atoms with Gasteiger partial charge in [-0.15, -0.1) is 4.91 Å². The number of aliphatic hydroxyl groups excluding tert-OH is 1. The van der Waals surface area contributed by atoms with Gasteiger partial charge < -0.3 is 10.2 Å². The predicted molar refractivity (Wildman–Crippen MR) is 28.9 cm³/mol. The van der Waals surface area contributed by atoms with E-state index in [2.05, 4.69) is 5.18 Å². The van der Waals surface area contributed by atoms with Gasteiger partial charge in [0.15, 0.2) is 0 Å².